The van der Waals surface area contributed by atoms with E-state index >= 15 is 0 Å². The first kappa shape index (κ1) is 26.4. The molecule has 0 aliphatic carbocycles. The van der Waals surface area contributed by atoms with Gasteiger partial charge < -0.3 is 14.0 Å². The first-order valence-electron chi connectivity index (χ1n) is 14.7. The van der Waals surface area contributed by atoms with E-state index in [1.165, 1.54) is 16.3 Å². The Morgan fingerprint density at radius 2 is 1.35 bits per heavy atom. The Balaban J connectivity index is 1.75. The predicted molar refractivity (Wildman–Crippen MR) is 184 cm³/mol. The summed E-state index contributed by atoms with van der Waals surface area (Å²) in [6.07, 6.45) is 14.1. The van der Waals surface area contributed by atoms with Crippen LogP contribution in [0.4, 0.5) is 0 Å². The van der Waals surface area contributed by atoms with Gasteiger partial charge in [-0.1, -0.05) is 79.4 Å². The molecule has 0 saturated carbocycles. The van der Waals surface area contributed by atoms with Gasteiger partial charge in [0.2, 0.25) is 0 Å². The number of para-hydroxylation sites is 3. The van der Waals surface area contributed by atoms with Crippen molar-refractivity contribution in [2.24, 2.45) is 0 Å². The van der Waals surface area contributed by atoms with Crippen molar-refractivity contribution in [1.82, 2.24) is 13.9 Å². The SMILES string of the molecule is C=C/C=C(\C=C/C)n1c2ccccc2c2c1c1ccc3c(c4ccccc4n3OC(/C=C\C)=C/C)c1n2-c1ccccc1. The smallest absolute Gasteiger partial charge is 0.151 e. The fourth-order valence-electron chi connectivity index (χ4n) is 6.39. The highest BCUT2D eigenvalue weighted by Crippen LogP contribution is 2.45. The fraction of sp³-hybridized carbons (Fsp3) is 0.0769. The summed E-state index contributed by atoms with van der Waals surface area (Å²) >= 11 is 0. The third-order valence-corrected chi connectivity index (χ3v) is 8.03. The van der Waals surface area contributed by atoms with Crippen molar-refractivity contribution >= 4 is 60.3 Å². The molecule has 0 atom stereocenters. The van der Waals surface area contributed by atoms with Crippen LogP contribution in [0.2, 0.25) is 0 Å². The number of fused-ring (bicyclic) bond motifs is 9. The van der Waals surface area contributed by atoms with Crippen LogP contribution in [-0.4, -0.2) is 13.9 Å². The molecule has 0 amide bonds. The van der Waals surface area contributed by atoms with E-state index in [1.54, 1.807) is 0 Å². The highest BCUT2D eigenvalue weighted by atomic mass is 16.7. The van der Waals surface area contributed by atoms with E-state index in [-0.39, 0.29) is 0 Å². The number of nitrogens with zero attached hydrogens (tertiary/aromatic N) is 3. The zero-order chi connectivity index (χ0) is 29.5. The molecule has 0 aliphatic rings. The maximum absolute atomic E-state index is 6.56. The van der Waals surface area contributed by atoms with Gasteiger partial charge >= 0.3 is 0 Å². The molecule has 0 radical (unpaired) electrons. The van der Waals surface area contributed by atoms with Gasteiger partial charge in [0.25, 0.3) is 0 Å². The van der Waals surface area contributed by atoms with Crippen LogP contribution in [0.1, 0.15) is 20.8 Å². The van der Waals surface area contributed by atoms with Gasteiger partial charge in [-0.3, -0.25) is 0 Å². The highest BCUT2D eigenvalue weighted by molar-refractivity contribution is 6.29. The lowest BCUT2D eigenvalue weighted by atomic mass is 10.1. The Hall–Kier alpha value is -5.48. The summed E-state index contributed by atoms with van der Waals surface area (Å²) in [5.41, 5.74) is 8.84. The summed E-state index contributed by atoms with van der Waals surface area (Å²) in [7, 11) is 0. The number of hydrogen-bond acceptors (Lipinski definition) is 1. The third kappa shape index (κ3) is 3.98. The second-order valence-corrected chi connectivity index (χ2v) is 10.5. The standard InChI is InChI=1S/C39H33N3O/c1-5-16-27(17-6-2)40-33-23-14-13-22-31(33)38-39(40)32-25-26-35-36(37(32)41(38)28-19-10-9-11-20-28)30-21-12-15-24-34(30)42(35)43-29(8-4)18-7-3/h5-26H,1H2,2-4H3/b17-6-,18-7-,27-16+,29-8+. The lowest BCUT2D eigenvalue weighted by Crippen LogP contribution is -2.09. The average Bonchev–Trinajstić information content (AvgIpc) is 3.67. The Kier molecular flexibility index (Phi) is 6.59. The number of hydrogen-bond donors (Lipinski definition) is 0. The number of benzene rings is 4. The molecule has 4 nitrogen and oxygen atoms in total. The third-order valence-electron chi connectivity index (χ3n) is 8.03. The summed E-state index contributed by atoms with van der Waals surface area (Å²) in [6, 6.07) is 32.3. The van der Waals surface area contributed by atoms with Gasteiger partial charge in [0, 0.05) is 32.9 Å². The van der Waals surface area contributed by atoms with Gasteiger partial charge in [-0.15, -0.1) is 0 Å². The molecular weight excluding hydrogens is 526 g/mol. The predicted octanol–water partition coefficient (Wildman–Crippen LogP) is 10.4. The van der Waals surface area contributed by atoms with E-state index in [1.807, 2.05) is 42.9 Å². The zero-order valence-electron chi connectivity index (χ0n) is 24.7. The van der Waals surface area contributed by atoms with Gasteiger partial charge in [0.1, 0.15) is 0 Å². The van der Waals surface area contributed by atoms with E-state index in [2.05, 4.69) is 132 Å². The van der Waals surface area contributed by atoms with Crippen LogP contribution in [0.15, 0.2) is 146 Å². The minimum absolute atomic E-state index is 0.789. The molecule has 0 unspecified atom stereocenters. The second-order valence-electron chi connectivity index (χ2n) is 10.5. The van der Waals surface area contributed by atoms with Crippen molar-refractivity contribution in [2.75, 3.05) is 0 Å². The monoisotopic (exact) mass is 559 g/mol. The lowest BCUT2D eigenvalue weighted by Gasteiger charge is -2.12. The van der Waals surface area contributed by atoms with E-state index < -0.39 is 0 Å². The molecule has 0 saturated heterocycles. The average molecular weight is 560 g/mol. The largest absolute Gasteiger partial charge is 0.375 e. The molecule has 4 aromatic carbocycles. The summed E-state index contributed by atoms with van der Waals surface area (Å²) < 4.78 is 6.79. The molecule has 3 aromatic heterocycles. The summed E-state index contributed by atoms with van der Waals surface area (Å²) in [5, 5.41) is 4.65. The Morgan fingerprint density at radius 1 is 0.651 bits per heavy atom. The molecular formula is C39H33N3O. The second kappa shape index (κ2) is 10.7. The Bertz CT molecular complexity index is 2300. The van der Waals surface area contributed by atoms with Crippen molar-refractivity contribution in [3.05, 3.63) is 146 Å². The van der Waals surface area contributed by atoms with E-state index in [4.69, 9.17) is 4.84 Å². The quantitative estimate of drug-likeness (QED) is 0.141. The first-order chi connectivity index (χ1) is 21.2. The van der Waals surface area contributed by atoms with Crippen LogP contribution in [0.5, 0.6) is 0 Å². The van der Waals surface area contributed by atoms with Crippen LogP contribution >= 0.6 is 0 Å². The first-order valence-corrected chi connectivity index (χ1v) is 14.7. The Morgan fingerprint density at radius 3 is 2.07 bits per heavy atom. The topological polar surface area (TPSA) is 24.0 Å². The molecule has 0 fully saturated rings. The molecule has 4 heteroatoms. The maximum Gasteiger partial charge on any atom is 0.151 e. The lowest BCUT2D eigenvalue weighted by molar-refractivity contribution is 0.214. The molecule has 210 valence electrons. The van der Waals surface area contributed by atoms with Gasteiger partial charge in [0.15, 0.2) is 5.76 Å². The van der Waals surface area contributed by atoms with Crippen molar-refractivity contribution in [1.29, 1.82) is 0 Å². The molecule has 0 bridgehead atoms. The number of aromatic nitrogens is 3. The van der Waals surface area contributed by atoms with Crippen molar-refractivity contribution < 1.29 is 4.84 Å². The van der Waals surface area contributed by atoms with Crippen molar-refractivity contribution in [3.63, 3.8) is 0 Å². The molecule has 0 aliphatic heterocycles. The van der Waals surface area contributed by atoms with E-state index in [0.29, 0.717) is 0 Å². The zero-order valence-corrected chi connectivity index (χ0v) is 24.7. The summed E-state index contributed by atoms with van der Waals surface area (Å²) in [5.74, 6) is 0.789. The maximum atomic E-state index is 6.56. The minimum Gasteiger partial charge on any atom is -0.375 e. The van der Waals surface area contributed by atoms with Crippen LogP contribution in [0, 0.1) is 0 Å². The molecule has 0 N–H and O–H groups in total. The van der Waals surface area contributed by atoms with Crippen LogP contribution < -0.4 is 4.84 Å². The van der Waals surface area contributed by atoms with Crippen LogP contribution in [0.25, 0.3) is 66.0 Å². The van der Waals surface area contributed by atoms with Crippen molar-refractivity contribution in [2.45, 2.75) is 20.8 Å². The van der Waals surface area contributed by atoms with Gasteiger partial charge in [0.05, 0.1) is 33.1 Å². The number of allylic oxidation sites excluding steroid dienone is 8. The molecule has 0 spiro atoms. The van der Waals surface area contributed by atoms with Gasteiger partial charge in [-0.05, 0) is 81.5 Å². The fourth-order valence-corrected chi connectivity index (χ4v) is 6.39. The van der Waals surface area contributed by atoms with E-state index in [0.717, 1.165) is 55.5 Å². The van der Waals surface area contributed by atoms with E-state index in [9.17, 15) is 0 Å². The Labute approximate surface area is 251 Å². The molecule has 7 rings (SSSR count). The highest BCUT2D eigenvalue weighted by Gasteiger charge is 2.26. The van der Waals surface area contributed by atoms with Crippen LogP contribution in [-0.2, 0) is 0 Å². The van der Waals surface area contributed by atoms with Gasteiger partial charge in [-0.25, -0.2) is 0 Å². The summed E-state index contributed by atoms with van der Waals surface area (Å²) in [6.45, 7) is 10.1. The normalized spacial score (nSPS) is 13.2. The van der Waals surface area contributed by atoms with Gasteiger partial charge in [-0.2, -0.15) is 4.73 Å². The number of rotatable bonds is 7. The minimum atomic E-state index is 0.789. The molecule has 43 heavy (non-hydrogen) atoms. The molecule has 3 heterocycles. The van der Waals surface area contributed by atoms with Crippen molar-refractivity contribution in [3.8, 4) is 5.69 Å². The van der Waals surface area contributed by atoms with Crippen LogP contribution in [0.3, 0.4) is 0 Å². The summed E-state index contributed by atoms with van der Waals surface area (Å²) in [4.78, 5) is 6.56. The molecule has 7 aromatic rings.